The van der Waals surface area contributed by atoms with Crippen LogP contribution in [0.5, 0.6) is 0 Å². The van der Waals surface area contributed by atoms with Gasteiger partial charge in [0.2, 0.25) is 0 Å². The van der Waals surface area contributed by atoms with E-state index in [-0.39, 0.29) is 0 Å². The normalized spacial score (nSPS) is 11.0. The van der Waals surface area contributed by atoms with Gasteiger partial charge in [0.1, 0.15) is 11.8 Å². The lowest BCUT2D eigenvalue weighted by Gasteiger charge is -2.03. The second-order valence-electron chi connectivity index (χ2n) is 3.07. The summed E-state index contributed by atoms with van der Waals surface area (Å²) in [6, 6.07) is 0. The van der Waals surface area contributed by atoms with E-state index >= 15 is 0 Å². The molecular weight excluding hydrogens is 194 g/mol. The molecule has 0 bridgehead atoms. The summed E-state index contributed by atoms with van der Waals surface area (Å²) in [5, 5.41) is 0. The van der Waals surface area contributed by atoms with Crippen LogP contribution in [0.1, 0.15) is 6.92 Å². The van der Waals surface area contributed by atoms with Crippen LogP contribution in [0.25, 0.3) is 11.2 Å². The van der Waals surface area contributed by atoms with Gasteiger partial charge in [-0.25, -0.2) is 15.0 Å². The number of hydrogen-bond donors (Lipinski definition) is 1. The number of imidazole rings is 1. The molecular formula is C9H13N5O. The summed E-state index contributed by atoms with van der Waals surface area (Å²) in [6.07, 6.45) is 3.14. The minimum atomic E-state index is 0.412. The molecule has 0 amide bonds. The van der Waals surface area contributed by atoms with Gasteiger partial charge >= 0.3 is 0 Å². The van der Waals surface area contributed by atoms with E-state index in [4.69, 9.17) is 10.5 Å². The van der Waals surface area contributed by atoms with Crippen molar-refractivity contribution < 1.29 is 4.74 Å². The van der Waals surface area contributed by atoms with Crippen LogP contribution in [0.2, 0.25) is 0 Å². The van der Waals surface area contributed by atoms with Gasteiger partial charge in [0.05, 0.1) is 12.9 Å². The molecule has 15 heavy (non-hydrogen) atoms. The standard InChI is InChI=1S/C9H13N5O/c1-2-15-4-3-14-6-13-7-8(10)11-5-12-9(7)14/h5-6H,2-4H2,1H3,(H2,10,11,12). The van der Waals surface area contributed by atoms with Gasteiger partial charge in [0.15, 0.2) is 11.5 Å². The highest BCUT2D eigenvalue weighted by molar-refractivity contribution is 5.80. The van der Waals surface area contributed by atoms with E-state index in [0.29, 0.717) is 24.5 Å². The fourth-order valence-corrected chi connectivity index (χ4v) is 1.37. The third-order valence-corrected chi connectivity index (χ3v) is 2.11. The van der Waals surface area contributed by atoms with Crippen molar-refractivity contribution in [1.82, 2.24) is 19.5 Å². The Morgan fingerprint density at radius 3 is 3.07 bits per heavy atom. The highest BCUT2D eigenvalue weighted by Gasteiger charge is 2.06. The van der Waals surface area contributed by atoms with E-state index < -0.39 is 0 Å². The molecule has 0 radical (unpaired) electrons. The molecule has 0 saturated carbocycles. The van der Waals surface area contributed by atoms with E-state index in [1.54, 1.807) is 6.33 Å². The second-order valence-corrected chi connectivity index (χ2v) is 3.07. The number of nitrogens with zero attached hydrogens (tertiary/aromatic N) is 4. The van der Waals surface area contributed by atoms with Crippen LogP contribution in [0.15, 0.2) is 12.7 Å². The van der Waals surface area contributed by atoms with Crippen LogP contribution in [-0.4, -0.2) is 32.7 Å². The first kappa shape index (κ1) is 9.85. The van der Waals surface area contributed by atoms with Gasteiger partial charge in [0, 0.05) is 13.2 Å². The fraction of sp³-hybridized carbons (Fsp3) is 0.444. The summed E-state index contributed by atoms with van der Waals surface area (Å²) in [5.74, 6) is 0.412. The molecule has 0 unspecified atom stereocenters. The van der Waals surface area contributed by atoms with Crippen LogP contribution < -0.4 is 5.73 Å². The Hall–Kier alpha value is -1.69. The monoisotopic (exact) mass is 207 g/mol. The Kier molecular flexibility index (Phi) is 2.77. The van der Waals surface area contributed by atoms with Crippen molar-refractivity contribution in [3.05, 3.63) is 12.7 Å². The maximum Gasteiger partial charge on any atom is 0.165 e. The van der Waals surface area contributed by atoms with Gasteiger partial charge in [-0.2, -0.15) is 0 Å². The predicted octanol–water partition coefficient (Wildman–Crippen LogP) is 0.445. The molecule has 2 aromatic heterocycles. The van der Waals surface area contributed by atoms with Crippen molar-refractivity contribution in [2.75, 3.05) is 18.9 Å². The number of aromatic nitrogens is 4. The molecule has 0 aliphatic heterocycles. The molecule has 80 valence electrons. The van der Waals surface area contributed by atoms with Gasteiger partial charge in [-0.15, -0.1) is 0 Å². The van der Waals surface area contributed by atoms with Gasteiger partial charge < -0.3 is 15.0 Å². The number of nitrogen functional groups attached to an aromatic ring is 1. The second kappa shape index (κ2) is 4.22. The molecule has 0 aromatic carbocycles. The van der Waals surface area contributed by atoms with Gasteiger partial charge in [-0.05, 0) is 6.92 Å². The SMILES string of the molecule is CCOCCn1cnc2c(N)ncnc21. The van der Waals surface area contributed by atoms with E-state index in [1.165, 1.54) is 6.33 Å². The zero-order valence-corrected chi connectivity index (χ0v) is 8.55. The van der Waals surface area contributed by atoms with Gasteiger partial charge in [-0.1, -0.05) is 0 Å². The lowest BCUT2D eigenvalue weighted by atomic mass is 10.5. The number of rotatable bonds is 4. The molecule has 0 atom stereocenters. The quantitative estimate of drug-likeness (QED) is 0.736. The highest BCUT2D eigenvalue weighted by Crippen LogP contribution is 2.13. The topological polar surface area (TPSA) is 78.9 Å². The van der Waals surface area contributed by atoms with Crippen molar-refractivity contribution >= 4 is 17.0 Å². The molecule has 6 heteroatoms. The Labute approximate surface area is 87.1 Å². The van der Waals surface area contributed by atoms with Crippen molar-refractivity contribution in [1.29, 1.82) is 0 Å². The summed E-state index contributed by atoms with van der Waals surface area (Å²) < 4.78 is 7.17. The average Bonchev–Trinajstić information content (AvgIpc) is 2.64. The molecule has 0 aliphatic rings. The van der Waals surface area contributed by atoms with Crippen molar-refractivity contribution in [3.8, 4) is 0 Å². The summed E-state index contributed by atoms with van der Waals surface area (Å²) in [7, 11) is 0. The fourth-order valence-electron chi connectivity index (χ4n) is 1.37. The van der Waals surface area contributed by atoms with Crippen molar-refractivity contribution in [2.45, 2.75) is 13.5 Å². The summed E-state index contributed by atoms with van der Waals surface area (Å²) in [4.78, 5) is 12.2. The van der Waals surface area contributed by atoms with E-state index in [2.05, 4.69) is 15.0 Å². The number of ether oxygens (including phenoxy) is 1. The van der Waals surface area contributed by atoms with E-state index in [0.717, 1.165) is 12.2 Å². The largest absolute Gasteiger partial charge is 0.382 e. The smallest absolute Gasteiger partial charge is 0.165 e. The first-order valence-corrected chi connectivity index (χ1v) is 4.82. The van der Waals surface area contributed by atoms with Gasteiger partial charge in [-0.3, -0.25) is 0 Å². The number of hydrogen-bond acceptors (Lipinski definition) is 5. The first-order chi connectivity index (χ1) is 7.33. The first-order valence-electron chi connectivity index (χ1n) is 4.82. The molecule has 0 saturated heterocycles. The Morgan fingerprint density at radius 1 is 1.40 bits per heavy atom. The average molecular weight is 207 g/mol. The number of fused-ring (bicyclic) bond motifs is 1. The van der Waals surface area contributed by atoms with E-state index in [9.17, 15) is 0 Å². The van der Waals surface area contributed by atoms with Crippen LogP contribution in [-0.2, 0) is 11.3 Å². The Bertz CT molecular complexity index is 453. The zero-order valence-electron chi connectivity index (χ0n) is 8.55. The lowest BCUT2D eigenvalue weighted by Crippen LogP contribution is -2.05. The Balaban J connectivity index is 2.25. The third kappa shape index (κ3) is 1.89. The molecule has 2 aromatic rings. The summed E-state index contributed by atoms with van der Waals surface area (Å²) in [6.45, 7) is 4.04. The third-order valence-electron chi connectivity index (χ3n) is 2.11. The number of anilines is 1. The molecule has 0 fully saturated rings. The molecule has 0 spiro atoms. The highest BCUT2D eigenvalue weighted by atomic mass is 16.5. The molecule has 2 rings (SSSR count). The van der Waals surface area contributed by atoms with E-state index in [1.807, 2.05) is 11.5 Å². The maximum absolute atomic E-state index is 5.67. The molecule has 2 heterocycles. The predicted molar refractivity (Wildman–Crippen MR) is 56.2 cm³/mol. The summed E-state index contributed by atoms with van der Waals surface area (Å²) >= 11 is 0. The Morgan fingerprint density at radius 2 is 2.27 bits per heavy atom. The minimum Gasteiger partial charge on any atom is -0.382 e. The lowest BCUT2D eigenvalue weighted by molar-refractivity contribution is 0.139. The molecule has 2 N–H and O–H groups in total. The van der Waals surface area contributed by atoms with Crippen LogP contribution in [0.4, 0.5) is 5.82 Å². The number of nitrogens with two attached hydrogens (primary N) is 1. The van der Waals surface area contributed by atoms with Crippen LogP contribution >= 0.6 is 0 Å². The van der Waals surface area contributed by atoms with Crippen molar-refractivity contribution in [3.63, 3.8) is 0 Å². The molecule has 0 aliphatic carbocycles. The minimum absolute atomic E-state index is 0.412. The van der Waals surface area contributed by atoms with Crippen LogP contribution in [0, 0.1) is 0 Å². The van der Waals surface area contributed by atoms with Gasteiger partial charge in [0.25, 0.3) is 0 Å². The van der Waals surface area contributed by atoms with Crippen molar-refractivity contribution in [2.24, 2.45) is 0 Å². The maximum atomic E-state index is 5.67. The summed E-state index contributed by atoms with van der Waals surface area (Å²) in [5.41, 5.74) is 7.07. The molecule has 6 nitrogen and oxygen atoms in total. The zero-order chi connectivity index (χ0) is 10.7. The van der Waals surface area contributed by atoms with Crippen LogP contribution in [0.3, 0.4) is 0 Å².